The van der Waals surface area contributed by atoms with Crippen LogP contribution in [0.5, 0.6) is 5.75 Å². The highest BCUT2D eigenvalue weighted by Crippen LogP contribution is 2.24. The monoisotopic (exact) mass is 419 g/mol. The SMILES string of the molecule is O=C(NCc1ccc(OC(F)(F)F)cc1)C1CCCN(c2nnc3ccccn23)C1. The van der Waals surface area contributed by atoms with Crippen molar-refractivity contribution < 1.29 is 22.7 Å². The second-order valence-electron chi connectivity index (χ2n) is 7.12. The highest BCUT2D eigenvalue weighted by Gasteiger charge is 2.31. The van der Waals surface area contributed by atoms with E-state index in [9.17, 15) is 18.0 Å². The number of carbonyl (C=O) groups is 1. The number of alkyl halides is 3. The molecule has 0 spiro atoms. The molecule has 1 aromatic carbocycles. The van der Waals surface area contributed by atoms with Crippen molar-refractivity contribution in [3.05, 3.63) is 54.2 Å². The molecule has 2 aromatic heterocycles. The van der Waals surface area contributed by atoms with E-state index >= 15 is 0 Å². The Balaban J connectivity index is 1.34. The van der Waals surface area contributed by atoms with Crippen LogP contribution in [0.3, 0.4) is 0 Å². The van der Waals surface area contributed by atoms with Crippen LogP contribution in [0.1, 0.15) is 18.4 Å². The number of piperidine rings is 1. The van der Waals surface area contributed by atoms with Gasteiger partial charge in [0.1, 0.15) is 5.75 Å². The van der Waals surface area contributed by atoms with Crippen LogP contribution in [0.25, 0.3) is 5.65 Å². The van der Waals surface area contributed by atoms with Crippen molar-refractivity contribution in [2.75, 3.05) is 18.0 Å². The third-order valence-corrected chi connectivity index (χ3v) is 4.99. The molecular formula is C20H20F3N5O2. The van der Waals surface area contributed by atoms with Gasteiger partial charge in [-0.15, -0.1) is 23.4 Å². The Morgan fingerprint density at radius 2 is 1.97 bits per heavy atom. The molecule has 1 atom stereocenters. The first-order chi connectivity index (χ1) is 14.4. The molecule has 0 saturated carbocycles. The van der Waals surface area contributed by atoms with Crippen molar-refractivity contribution >= 4 is 17.5 Å². The van der Waals surface area contributed by atoms with Crippen LogP contribution in [0, 0.1) is 5.92 Å². The molecule has 30 heavy (non-hydrogen) atoms. The van der Waals surface area contributed by atoms with Gasteiger partial charge in [-0.25, -0.2) is 0 Å². The van der Waals surface area contributed by atoms with E-state index in [-0.39, 0.29) is 24.1 Å². The zero-order valence-corrected chi connectivity index (χ0v) is 16.0. The molecule has 3 aromatic rings. The summed E-state index contributed by atoms with van der Waals surface area (Å²) in [5.74, 6) is 0.121. The second-order valence-corrected chi connectivity index (χ2v) is 7.12. The maximum atomic E-state index is 12.7. The van der Waals surface area contributed by atoms with E-state index in [2.05, 4.69) is 25.2 Å². The molecule has 1 N–H and O–H groups in total. The minimum Gasteiger partial charge on any atom is -0.406 e. The number of fused-ring (bicyclic) bond motifs is 1. The molecule has 1 saturated heterocycles. The van der Waals surface area contributed by atoms with Crippen LogP contribution in [0.2, 0.25) is 0 Å². The molecule has 0 radical (unpaired) electrons. The summed E-state index contributed by atoms with van der Waals surface area (Å²) in [5, 5.41) is 11.3. The van der Waals surface area contributed by atoms with Gasteiger partial charge in [0, 0.05) is 25.8 Å². The third-order valence-electron chi connectivity index (χ3n) is 4.99. The summed E-state index contributed by atoms with van der Waals surface area (Å²) in [6.45, 7) is 1.55. The number of benzene rings is 1. The van der Waals surface area contributed by atoms with Crippen molar-refractivity contribution in [2.45, 2.75) is 25.7 Å². The van der Waals surface area contributed by atoms with Gasteiger partial charge in [-0.2, -0.15) is 0 Å². The Morgan fingerprint density at radius 1 is 1.17 bits per heavy atom. The van der Waals surface area contributed by atoms with Crippen molar-refractivity contribution in [3.63, 3.8) is 0 Å². The maximum absolute atomic E-state index is 12.7. The van der Waals surface area contributed by atoms with Gasteiger partial charge >= 0.3 is 6.36 Å². The summed E-state index contributed by atoms with van der Waals surface area (Å²) in [5.41, 5.74) is 1.44. The fourth-order valence-corrected chi connectivity index (χ4v) is 3.56. The smallest absolute Gasteiger partial charge is 0.406 e. The predicted molar refractivity (Wildman–Crippen MR) is 103 cm³/mol. The Hall–Kier alpha value is -3.30. The van der Waals surface area contributed by atoms with E-state index in [1.807, 2.05) is 28.8 Å². The predicted octanol–water partition coefficient (Wildman–Crippen LogP) is 3.16. The number of pyridine rings is 1. The van der Waals surface area contributed by atoms with Crippen molar-refractivity contribution in [1.82, 2.24) is 19.9 Å². The van der Waals surface area contributed by atoms with Crippen LogP contribution in [0.15, 0.2) is 48.7 Å². The summed E-state index contributed by atoms with van der Waals surface area (Å²) in [7, 11) is 0. The molecule has 158 valence electrons. The quantitative estimate of drug-likeness (QED) is 0.688. The average Bonchev–Trinajstić information content (AvgIpc) is 3.16. The minimum absolute atomic E-state index is 0.0934. The van der Waals surface area contributed by atoms with Crippen LogP contribution in [-0.2, 0) is 11.3 Å². The average molecular weight is 419 g/mol. The van der Waals surface area contributed by atoms with Gasteiger partial charge < -0.3 is 15.0 Å². The lowest BCUT2D eigenvalue weighted by Gasteiger charge is -2.32. The van der Waals surface area contributed by atoms with Crippen LogP contribution < -0.4 is 15.0 Å². The molecule has 1 amide bonds. The molecule has 1 unspecified atom stereocenters. The second kappa shape index (κ2) is 8.21. The van der Waals surface area contributed by atoms with Gasteiger partial charge in [0.25, 0.3) is 0 Å². The van der Waals surface area contributed by atoms with Crippen molar-refractivity contribution in [1.29, 1.82) is 0 Å². The van der Waals surface area contributed by atoms with Gasteiger partial charge in [0.15, 0.2) is 5.65 Å². The number of hydrogen-bond acceptors (Lipinski definition) is 5. The first-order valence-corrected chi connectivity index (χ1v) is 9.56. The van der Waals surface area contributed by atoms with Gasteiger partial charge in [-0.3, -0.25) is 9.20 Å². The largest absolute Gasteiger partial charge is 0.573 e. The fourth-order valence-electron chi connectivity index (χ4n) is 3.56. The molecule has 1 fully saturated rings. The Labute approximate surface area is 170 Å². The van der Waals surface area contributed by atoms with E-state index in [0.29, 0.717) is 18.1 Å². The number of halogens is 3. The van der Waals surface area contributed by atoms with E-state index in [0.717, 1.165) is 25.0 Å². The van der Waals surface area contributed by atoms with E-state index in [1.165, 1.54) is 24.3 Å². The number of nitrogens with zero attached hydrogens (tertiary/aromatic N) is 4. The standard InChI is InChI=1S/C20H20F3N5O2/c21-20(22,23)30-16-8-6-14(7-9-16)12-24-18(29)15-4-3-10-27(13-15)19-26-25-17-5-1-2-11-28(17)19/h1-2,5-9,11,15H,3-4,10,12-13H2,(H,24,29). The lowest BCUT2D eigenvalue weighted by atomic mass is 9.97. The number of carbonyl (C=O) groups excluding carboxylic acids is 1. The normalized spacial score (nSPS) is 17.2. The topological polar surface area (TPSA) is 71.8 Å². The molecular weight excluding hydrogens is 399 g/mol. The Morgan fingerprint density at radius 3 is 2.73 bits per heavy atom. The highest BCUT2D eigenvalue weighted by atomic mass is 19.4. The molecule has 1 aliphatic rings. The number of anilines is 1. The number of ether oxygens (including phenoxy) is 1. The Bertz CT molecular complexity index is 1020. The molecule has 4 rings (SSSR count). The van der Waals surface area contributed by atoms with Gasteiger partial charge in [0.05, 0.1) is 5.92 Å². The molecule has 1 aliphatic heterocycles. The van der Waals surface area contributed by atoms with Gasteiger partial charge in [-0.05, 0) is 42.7 Å². The number of amides is 1. The van der Waals surface area contributed by atoms with Gasteiger partial charge in [0.2, 0.25) is 11.9 Å². The molecule has 0 bridgehead atoms. The van der Waals surface area contributed by atoms with Crippen LogP contribution >= 0.6 is 0 Å². The first kappa shape index (κ1) is 20.0. The molecule has 0 aliphatic carbocycles. The molecule has 7 nitrogen and oxygen atoms in total. The number of aromatic nitrogens is 3. The number of nitrogens with one attached hydrogen (secondary N) is 1. The lowest BCUT2D eigenvalue weighted by Crippen LogP contribution is -2.43. The Kier molecular flexibility index (Phi) is 5.47. The molecule has 10 heteroatoms. The minimum atomic E-state index is -4.72. The summed E-state index contributed by atoms with van der Waals surface area (Å²) in [6, 6.07) is 11.1. The summed E-state index contributed by atoms with van der Waals surface area (Å²) < 4.78 is 42.4. The van der Waals surface area contributed by atoms with E-state index < -0.39 is 6.36 Å². The maximum Gasteiger partial charge on any atom is 0.573 e. The molecule has 3 heterocycles. The van der Waals surface area contributed by atoms with Crippen molar-refractivity contribution in [2.24, 2.45) is 5.92 Å². The summed E-state index contributed by atoms with van der Waals surface area (Å²) >= 11 is 0. The lowest BCUT2D eigenvalue weighted by molar-refractivity contribution is -0.274. The number of rotatable bonds is 5. The summed E-state index contributed by atoms with van der Waals surface area (Å²) in [6.07, 6.45) is -1.22. The number of hydrogen-bond donors (Lipinski definition) is 1. The van der Waals surface area contributed by atoms with Crippen molar-refractivity contribution in [3.8, 4) is 5.75 Å². The third kappa shape index (κ3) is 4.64. The van der Waals surface area contributed by atoms with E-state index in [1.54, 1.807) is 0 Å². The first-order valence-electron chi connectivity index (χ1n) is 9.56. The summed E-state index contributed by atoms with van der Waals surface area (Å²) in [4.78, 5) is 14.7. The van der Waals surface area contributed by atoms with Crippen LogP contribution in [-0.4, -0.2) is 40.0 Å². The zero-order valence-electron chi connectivity index (χ0n) is 16.0. The highest BCUT2D eigenvalue weighted by molar-refractivity contribution is 5.79. The fraction of sp³-hybridized carbons (Fsp3) is 0.350. The van der Waals surface area contributed by atoms with Crippen LogP contribution in [0.4, 0.5) is 19.1 Å². The van der Waals surface area contributed by atoms with E-state index in [4.69, 9.17) is 0 Å². The zero-order chi connectivity index (χ0) is 21.1. The van der Waals surface area contributed by atoms with Gasteiger partial charge in [-0.1, -0.05) is 18.2 Å².